The van der Waals surface area contributed by atoms with Crippen molar-refractivity contribution < 1.29 is 14.6 Å². The highest BCUT2D eigenvalue weighted by atomic mass is 16.5. The quantitative estimate of drug-likeness (QED) is 0.292. The van der Waals surface area contributed by atoms with Gasteiger partial charge in [0.25, 0.3) is 0 Å². The van der Waals surface area contributed by atoms with Crippen molar-refractivity contribution in [3.63, 3.8) is 0 Å². The van der Waals surface area contributed by atoms with E-state index in [4.69, 9.17) is 15.6 Å². The summed E-state index contributed by atoms with van der Waals surface area (Å²) in [5, 5.41) is 11.2. The Morgan fingerprint density at radius 2 is 2.36 bits per heavy atom. The molecule has 0 saturated carbocycles. The minimum Gasteiger partial charge on any atom is -0.481 e. The number of aliphatic imine (C=N–C) groups is 1. The maximum Gasteiger partial charge on any atom is 0.303 e. The van der Waals surface area contributed by atoms with Crippen LogP contribution in [0.1, 0.15) is 12.8 Å². The van der Waals surface area contributed by atoms with Crippen LogP contribution in [0, 0.1) is 0 Å². The maximum absolute atomic E-state index is 10.1. The first-order chi connectivity index (χ1) is 6.66. The Kier molecular flexibility index (Phi) is 7.53. The van der Waals surface area contributed by atoms with E-state index in [2.05, 4.69) is 10.3 Å². The molecule has 0 fully saturated rings. The number of aliphatic carboxylic acids is 1. The van der Waals surface area contributed by atoms with Gasteiger partial charge >= 0.3 is 5.97 Å². The molecule has 0 aromatic carbocycles. The van der Waals surface area contributed by atoms with Gasteiger partial charge < -0.3 is 20.9 Å². The van der Waals surface area contributed by atoms with Gasteiger partial charge in [-0.1, -0.05) is 0 Å². The number of ether oxygens (including phenoxy) is 1. The van der Waals surface area contributed by atoms with Crippen molar-refractivity contribution >= 4 is 11.9 Å². The molecule has 6 nitrogen and oxygen atoms in total. The van der Waals surface area contributed by atoms with Gasteiger partial charge in [0.15, 0.2) is 5.96 Å². The standard InChI is InChI=1S/C8H17N3O3/c1-14-6-5-11-8(9)10-4-2-3-7(12)13/h2-6H2,1H3,(H,12,13)(H3,9,10,11). The second kappa shape index (κ2) is 8.31. The van der Waals surface area contributed by atoms with Gasteiger partial charge in [0.2, 0.25) is 0 Å². The average molecular weight is 203 g/mol. The van der Waals surface area contributed by atoms with Crippen LogP contribution in [0.15, 0.2) is 4.99 Å². The fourth-order valence-electron chi connectivity index (χ4n) is 0.767. The Labute approximate surface area is 83.1 Å². The van der Waals surface area contributed by atoms with E-state index in [0.717, 1.165) is 0 Å². The first-order valence-electron chi connectivity index (χ1n) is 4.41. The van der Waals surface area contributed by atoms with E-state index in [-0.39, 0.29) is 6.42 Å². The lowest BCUT2D eigenvalue weighted by Gasteiger charge is -2.03. The monoisotopic (exact) mass is 203 g/mol. The Hall–Kier alpha value is -1.30. The summed E-state index contributed by atoms with van der Waals surface area (Å²) in [6, 6.07) is 0. The Morgan fingerprint density at radius 1 is 1.64 bits per heavy atom. The third-order valence-corrected chi connectivity index (χ3v) is 1.44. The fourth-order valence-corrected chi connectivity index (χ4v) is 0.767. The van der Waals surface area contributed by atoms with E-state index >= 15 is 0 Å². The molecule has 0 amide bonds. The molecule has 0 unspecified atom stereocenters. The molecule has 0 aliphatic carbocycles. The molecular weight excluding hydrogens is 186 g/mol. The molecule has 0 spiro atoms. The Morgan fingerprint density at radius 3 is 2.93 bits per heavy atom. The number of guanidine groups is 1. The molecule has 0 radical (unpaired) electrons. The van der Waals surface area contributed by atoms with E-state index in [0.29, 0.717) is 32.1 Å². The molecule has 4 N–H and O–H groups in total. The number of nitrogens with two attached hydrogens (primary N) is 1. The van der Waals surface area contributed by atoms with Crippen LogP contribution in [0.2, 0.25) is 0 Å². The summed E-state index contributed by atoms with van der Waals surface area (Å²) >= 11 is 0. The third-order valence-electron chi connectivity index (χ3n) is 1.44. The summed E-state index contributed by atoms with van der Waals surface area (Å²) < 4.78 is 4.80. The molecule has 0 saturated heterocycles. The summed E-state index contributed by atoms with van der Waals surface area (Å²) in [6.45, 7) is 1.59. The predicted octanol–water partition coefficient (Wildman–Crippen LogP) is -0.598. The summed E-state index contributed by atoms with van der Waals surface area (Å²) in [4.78, 5) is 14.1. The van der Waals surface area contributed by atoms with Crippen LogP contribution < -0.4 is 11.1 Å². The van der Waals surface area contributed by atoms with Crippen LogP contribution in [-0.4, -0.2) is 43.8 Å². The highest BCUT2D eigenvalue weighted by molar-refractivity contribution is 5.77. The van der Waals surface area contributed by atoms with E-state index in [1.165, 1.54) is 0 Å². The zero-order valence-corrected chi connectivity index (χ0v) is 8.32. The zero-order chi connectivity index (χ0) is 10.8. The minimum atomic E-state index is -0.814. The van der Waals surface area contributed by atoms with Crippen LogP contribution in [0.5, 0.6) is 0 Å². The smallest absolute Gasteiger partial charge is 0.303 e. The van der Waals surface area contributed by atoms with Crippen LogP contribution in [0.3, 0.4) is 0 Å². The van der Waals surface area contributed by atoms with Gasteiger partial charge in [0, 0.05) is 26.6 Å². The van der Waals surface area contributed by atoms with E-state index < -0.39 is 5.97 Å². The highest BCUT2D eigenvalue weighted by Gasteiger charge is 1.95. The van der Waals surface area contributed by atoms with E-state index in [9.17, 15) is 4.79 Å². The first-order valence-corrected chi connectivity index (χ1v) is 4.41. The third kappa shape index (κ3) is 8.79. The van der Waals surface area contributed by atoms with Gasteiger partial charge in [-0.15, -0.1) is 0 Å². The van der Waals surface area contributed by atoms with E-state index in [1.807, 2.05) is 0 Å². The lowest BCUT2D eigenvalue weighted by molar-refractivity contribution is -0.137. The fraction of sp³-hybridized carbons (Fsp3) is 0.750. The molecule has 0 aromatic heterocycles. The van der Waals surface area contributed by atoms with Crippen molar-refractivity contribution in [3.05, 3.63) is 0 Å². The predicted molar refractivity (Wildman–Crippen MR) is 53.2 cm³/mol. The Bertz CT molecular complexity index is 194. The largest absolute Gasteiger partial charge is 0.481 e. The summed E-state index contributed by atoms with van der Waals surface area (Å²) in [6.07, 6.45) is 0.622. The molecule has 82 valence electrons. The second-order valence-electron chi connectivity index (χ2n) is 2.68. The van der Waals surface area contributed by atoms with Gasteiger partial charge in [-0.3, -0.25) is 9.79 Å². The molecule has 0 bridgehead atoms. The van der Waals surface area contributed by atoms with Crippen molar-refractivity contribution in [1.29, 1.82) is 0 Å². The summed E-state index contributed by atoms with van der Waals surface area (Å²) in [5.74, 6) is -0.487. The number of nitrogens with one attached hydrogen (secondary N) is 1. The molecule has 0 rings (SSSR count). The number of methoxy groups -OCH3 is 1. The molecule has 0 heterocycles. The molecule has 14 heavy (non-hydrogen) atoms. The number of hydrogen-bond donors (Lipinski definition) is 3. The number of carbonyl (C=O) groups is 1. The minimum absolute atomic E-state index is 0.120. The van der Waals surface area contributed by atoms with Gasteiger partial charge in [-0.05, 0) is 6.42 Å². The van der Waals surface area contributed by atoms with Crippen molar-refractivity contribution in [2.45, 2.75) is 12.8 Å². The van der Waals surface area contributed by atoms with Crippen molar-refractivity contribution in [1.82, 2.24) is 5.32 Å². The topological polar surface area (TPSA) is 96.9 Å². The van der Waals surface area contributed by atoms with Gasteiger partial charge in [-0.25, -0.2) is 0 Å². The van der Waals surface area contributed by atoms with Crippen LogP contribution in [-0.2, 0) is 9.53 Å². The van der Waals surface area contributed by atoms with Gasteiger partial charge in [0.05, 0.1) is 6.61 Å². The molecule has 0 aliphatic heterocycles. The number of nitrogens with zero attached hydrogens (tertiary/aromatic N) is 1. The van der Waals surface area contributed by atoms with Crippen molar-refractivity contribution in [2.75, 3.05) is 26.8 Å². The average Bonchev–Trinajstić information content (AvgIpc) is 2.13. The second-order valence-corrected chi connectivity index (χ2v) is 2.68. The number of carboxylic acids is 1. The number of rotatable bonds is 7. The highest BCUT2D eigenvalue weighted by Crippen LogP contribution is 1.88. The molecule has 6 heteroatoms. The van der Waals surface area contributed by atoms with Gasteiger partial charge in [-0.2, -0.15) is 0 Å². The maximum atomic E-state index is 10.1. The lowest BCUT2D eigenvalue weighted by Crippen LogP contribution is -2.34. The van der Waals surface area contributed by atoms with Crippen LogP contribution >= 0.6 is 0 Å². The molecule has 0 aliphatic rings. The Balaban J connectivity index is 3.41. The number of carboxylic acid groups (broad SMARTS) is 1. The SMILES string of the molecule is COCCNC(N)=NCCCC(=O)O. The molecular formula is C8H17N3O3. The van der Waals surface area contributed by atoms with Crippen molar-refractivity contribution in [2.24, 2.45) is 10.7 Å². The first kappa shape index (κ1) is 12.7. The van der Waals surface area contributed by atoms with E-state index in [1.54, 1.807) is 7.11 Å². The normalized spacial score (nSPS) is 11.4. The molecule has 0 atom stereocenters. The number of hydrogen-bond acceptors (Lipinski definition) is 3. The van der Waals surface area contributed by atoms with Gasteiger partial charge in [0.1, 0.15) is 0 Å². The lowest BCUT2D eigenvalue weighted by atomic mass is 10.3. The molecule has 0 aromatic rings. The zero-order valence-electron chi connectivity index (χ0n) is 8.32. The summed E-state index contributed by atoms with van der Waals surface area (Å²) in [7, 11) is 1.60. The summed E-state index contributed by atoms with van der Waals surface area (Å²) in [5.41, 5.74) is 5.47. The van der Waals surface area contributed by atoms with Crippen LogP contribution in [0.4, 0.5) is 0 Å². The van der Waals surface area contributed by atoms with Crippen LogP contribution in [0.25, 0.3) is 0 Å². The van der Waals surface area contributed by atoms with Crippen molar-refractivity contribution in [3.8, 4) is 0 Å².